The van der Waals surface area contributed by atoms with Gasteiger partial charge in [0.05, 0.1) is 29.5 Å². The van der Waals surface area contributed by atoms with Crippen LogP contribution in [0.25, 0.3) is 5.65 Å². The van der Waals surface area contributed by atoms with E-state index in [0.29, 0.717) is 36.1 Å². The molecule has 0 atom stereocenters. The van der Waals surface area contributed by atoms with Crippen LogP contribution in [0.4, 0.5) is 0 Å². The first-order valence-corrected chi connectivity index (χ1v) is 9.64. The summed E-state index contributed by atoms with van der Waals surface area (Å²) < 4.78 is 17.9. The highest BCUT2D eigenvalue weighted by atomic mass is 35.5. The van der Waals surface area contributed by atoms with Gasteiger partial charge in [0.1, 0.15) is 12.3 Å². The Hall–Kier alpha value is -3.06. The van der Waals surface area contributed by atoms with Gasteiger partial charge < -0.3 is 14.2 Å². The summed E-state index contributed by atoms with van der Waals surface area (Å²) >= 11 is 6.28. The van der Waals surface area contributed by atoms with Crippen LogP contribution in [-0.4, -0.2) is 28.6 Å². The average molecular weight is 417 g/mol. The molecule has 0 radical (unpaired) electrons. The first-order valence-electron chi connectivity index (χ1n) is 9.27. The molecule has 3 rings (SSSR count). The van der Waals surface area contributed by atoms with Crippen molar-refractivity contribution in [1.82, 2.24) is 9.38 Å². The fourth-order valence-electron chi connectivity index (χ4n) is 2.69. The minimum atomic E-state index is -0.607. The molecule has 2 heterocycles. The maximum atomic E-state index is 12.5. The van der Waals surface area contributed by atoms with Gasteiger partial charge in [0.15, 0.2) is 11.5 Å². The number of rotatable bonds is 8. The highest BCUT2D eigenvalue weighted by Gasteiger charge is 2.17. The number of ether oxygens (including phenoxy) is 3. The van der Waals surface area contributed by atoms with Crippen molar-refractivity contribution < 1.29 is 19.0 Å². The molecule has 0 amide bonds. The molecular formula is C21H21ClN2O5. The number of benzene rings is 1. The lowest BCUT2D eigenvalue weighted by molar-refractivity contribution is 0.0467. The van der Waals surface area contributed by atoms with Crippen LogP contribution in [0.3, 0.4) is 0 Å². The molecule has 0 spiro atoms. The standard InChI is InChI=1S/C21H21ClN2O5/c1-3-9-28-20-16(22)10-14(11-17(20)27-4-2)21(26)29-13-15-12-19(25)24-8-6-5-7-18(24)23-15/h5-8,10-12H,3-4,9,13H2,1-2H3. The summed E-state index contributed by atoms with van der Waals surface area (Å²) in [6.07, 6.45) is 2.43. The summed E-state index contributed by atoms with van der Waals surface area (Å²) in [5, 5.41) is 0.262. The van der Waals surface area contributed by atoms with Crippen molar-refractivity contribution in [3.05, 3.63) is 69.2 Å². The van der Waals surface area contributed by atoms with Crippen molar-refractivity contribution in [1.29, 1.82) is 0 Å². The zero-order valence-corrected chi connectivity index (χ0v) is 16.9. The van der Waals surface area contributed by atoms with E-state index >= 15 is 0 Å². The van der Waals surface area contributed by atoms with Gasteiger partial charge in [-0.2, -0.15) is 0 Å². The third kappa shape index (κ3) is 4.86. The zero-order chi connectivity index (χ0) is 20.8. The van der Waals surface area contributed by atoms with Crippen LogP contribution in [0.2, 0.25) is 5.02 Å². The predicted molar refractivity (Wildman–Crippen MR) is 109 cm³/mol. The second kappa shape index (κ2) is 9.43. The number of esters is 1. The van der Waals surface area contributed by atoms with Crippen molar-refractivity contribution in [3.63, 3.8) is 0 Å². The summed E-state index contributed by atoms with van der Waals surface area (Å²) in [4.78, 5) is 29.0. The van der Waals surface area contributed by atoms with Crippen molar-refractivity contribution in [2.75, 3.05) is 13.2 Å². The molecular weight excluding hydrogens is 396 g/mol. The number of hydrogen-bond acceptors (Lipinski definition) is 6. The molecule has 0 aliphatic heterocycles. The molecule has 152 valence electrons. The van der Waals surface area contributed by atoms with Crippen LogP contribution in [-0.2, 0) is 11.3 Å². The molecule has 3 aromatic rings. The first-order chi connectivity index (χ1) is 14.0. The Morgan fingerprint density at radius 2 is 2.00 bits per heavy atom. The van der Waals surface area contributed by atoms with Crippen LogP contribution in [0.1, 0.15) is 36.3 Å². The monoisotopic (exact) mass is 416 g/mol. The quantitative estimate of drug-likeness (QED) is 0.518. The molecule has 0 aliphatic carbocycles. The number of hydrogen-bond donors (Lipinski definition) is 0. The van der Waals surface area contributed by atoms with Gasteiger partial charge in [0, 0.05) is 12.3 Å². The number of halogens is 1. The summed E-state index contributed by atoms with van der Waals surface area (Å²) in [6, 6.07) is 9.56. The number of pyridine rings is 1. The van der Waals surface area contributed by atoms with E-state index in [4.69, 9.17) is 25.8 Å². The lowest BCUT2D eigenvalue weighted by atomic mass is 10.2. The Morgan fingerprint density at radius 1 is 1.17 bits per heavy atom. The van der Waals surface area contributed by atoms with E-state index in [2.05, 4.69) is 4.98 Å². The average Bonchev–Trinajstić information content (AvgIpc) is 2.71. The fraction of sp³-hybridized carbons (Fsp3) is 0.286. The largest absolute Gasteiger partial charge is 0.490 e. The minimum absolute atomic E-state index is 0.144. The third-order valence-electron chi connectivity index (χ3n) is 3.97. The van der Waals surface area contributed by atoms with Crippen molar-refractivity contribution in [2.24, 2.45) is 0 Å². The van der Waals surface area contributed by atoms with Crippen molar-refractivity contribution in [2.45, 2.75) is 26.9 Å². The zero-order valence-electron chi connectivity index (χ0n) is 16.2. The van der Waals surface area contributed by atoms with Crippen molar-refractivity contribution in [3.8, 4) is 11.5 Å². The molecule has 0 fully saturated rings. The predicted octanol–water partition coefficient (Wildman–Crippen LogP) is 3.89. The van der Waals surface area contributed by atoms with E-state index in [-0.39, 0.29) is 22.8 Å². The van der Waals surface area contributed by atoms with Gasteiger partial charge in [0.2, 0.25) is 0 Å². The Kier molecular flexibility index (Phi) is 6.72. The summed E-state index contributed by atoms with van der Waals surface area (Å²) in [7, 11) is 0. The SMILES string of the molecule is CCCOc1c(Cl)cc(C(=O)OCc2cc(=O)n3ccccc3n2)cc1OCC. The summed E-state index contributed by atoms with van der Waals surface area (Å²) in [6.45, 7) is 4.53. The van der Waals surface area contributed by atoms with Gasteiger partial charge in [-0.25, -0.2) is 9.78 Å². The number of aromatic nitrogens is 2. The Morgan fingerprint density at radius 3 is 2.76 bits per heavy atom. The van der Waals surface area contributed by atoms with Crippen LogP contribution in [0.15, 0.2) is 47.4 Å². The molecule has 29 heavy (non-hydrogen) atoms. The van der Waals surface area contributed by atoms with Crippen molar-refractivity contribution >= 4 is 23.2 Å². The second-order valence-electron chi connectivity index (χ2n) is 6.16. The maximum absolute atomic E-state index is 12.5. The van der Waals surface area contributed by atoms with Gasteiger partial charge in [-0.3, -0.25) is 9.20 Å². The number of nitrogens with zero attached hydrogens (tertiary/aromatic N) is 2. The number of fused-ring (bicyclic) bond motifs is 1. The van der Waals surface area contributed by atoms with E-state index < -0.39 is 5.97 Å². The molecule has 0 aliphatic rings. The maximum Gasteiger partial charge on any atom is 0.338 e. The molecule has 0 unspecified atom stereocenters. The highest BCUT2D eigenvalue weighted by molar-refractivity contribution is 6.32. The van der Waals surface area contributed by atoms with E-state index in [1.165, 1.54) is 22.6 Å². The Labute approximate surface area is 172 Å². The topological polar surface area (TPSA) is 79.1 Å². The van der Waals surface area contributed by atoms with Crippen LogP contribution in [0.5, 0.6) is 11.5 Å². The normalized spacial score (nSPS) is 10.7. The molecule has 8 heteroatoms. The molecule has 0 saturated carbocycles. The highest BCUT2D eigenvalue weighted by Crippen LogP contribution is 2.37. The molecule has 0 N–H and O–H groups in total. The van der Waals surface area contributed by atoms with E-state index in [9.17, 15) is 9.59 Å². The Balaban J connectivity index is 1.79. The second-order valence-corrected chi connectivity index (χ2v) is 6.56. The molecule has 7 nitrogen and oxygen atoms in total. The van der Waals surface area contributed by atoms with Gasteiger partial charge in [-0.15, -0.1) is 0 Å². The van der Waals surface area contributed by atoms with Gasteiger partial charge >= 0.3 is 5.97 Å². The van der Waals surface area contributed by atoms with E-state index in [1.807, 2.05) is 13.8 Å². The van der Waals surface area contributed by atoms with E-state index in [0.717, 1.165) is 6.42 Å². The summed E-state index contributed by atoms with van der Waals surface area (Å²) in [5.74, 6) is 0.170. The first kappa shape index (κ1) is 20.7. The Bertz CT molecular complexity index is 1080. The number of carbonyl (C=O) groups is 1. The van der Waals surface area contributed by atoms with Crippen LogP contribution < -0.4 is 15.0 Å². The smallest absolute Gasteiger partial charge is 0.338 e. The lowest BCUT2D eigenvalue weighted by Crippen LogP contribution is -2.16. The molecule has 2 aromatic heterocycles. The van der Waals surface area contributed by atoms with Gasteiger partial charge in [0.25, 0.3) is 5.56 Å². The van der Waals surface area contributed by atoms with E-state index in [1.54, 1.807) is 24.4 Å². The fourth-order valence-corrected chi connectivity index (χ4v) is 2.96. The lowest BCUT2D eigenvalue weighted by Gasteiger charge is -2.14. The number of carbonyl (C=O) groups excluding carboxylic acids is 1. The van der Waals surface area contributed by atoms with Crippen LogP contribution >= 0.6 is 11.6 Å². The van der Waals surface area contributed by atoms with Crippen LogP contribution in [0, 0.1) is 0 Å². The molecule has 0 saturated heterocycles. The minimum Gasteiger partial charge on any atom is -0.490 e. The molecule has 1 aromatic carbocycles. The van der Waals surface area contributed by atoms with Gasteiger partial charge in [-0.05, 0) is 37.6 Å². The third-order valence-corrected chi connectivity index (χ3v) is 4.25. The summed E-state index contributed by atoms with van der Waals surface area (Å²) in [5.41, 5.74) is 0.805. The molecule has 0 bridgehead atoms. The van der Waals surface area contributed by atoms with Gasteiger partial charge in [-0.1, -0.05) is 24.6 Å².